The summed E-state index contributed by atoms with van der Waals surface area (Å²) in [5.74, 6) is 1.42. The van der Waals surface area contributed by atoms with Gasteiger partial charge in [-0.3, -0.25) is 4.79 Å². The van der Waals surface area contributed by atoms with Crippen LogP contribution in [0.3, 0.4) is 0 Å². The van der Waals surface area contributed by atoms with Gasteiger partial charge in [-0.15, -0.1) is 0 Å². The SMILES string of the molecule is COC(=O)C1CCn2c(Cc3ccco3)nc(Cl)c2C1. The van der Waals surface area contributed by atoms with E-state index in [-0.39, 0.29) is 11.9 Å². The quantitative estimate of drug-likeness (QED) is 0.816. The van der Waals surface area contributed by atoms with Gasteiger partial charge in [0.1, 0.15) is 11.6 Å². The van der Waals surface area contributed by atoms with Crippen LogP contribution in [0.1, 0.15) is 23.7 Å². The number of furan rings is 1. The monoisotopic (exact) mass is 294 g/mol. The summed E-state index contributed by atoms with van der Waals surface area (Å²) in [5.41, 5.74) is 0.912. The summed E-state index contributed by atoms with van der Waals surface area (Å²) in [5, 5.41) is 0.472. The van der Waals surface area contributed by atoms with Gasteiger partial charge in [-0.25, -0.2) is 4.98 Å². The van der Waals surface area contributed by atoms with Crippen molar-refractivity contribution >= 4 is 17.6 Å². The Morgan fingerprint density at radius 2 is 2.50 bits per heavy atom. The summed E-state index contributed by atoms with van der Waals surface area (Å²) in [6, 6.07) is 3.76. The minimum Gasteiger partial charge on any atom is -0.469 e. The van der Waals surface area contributed by atoms with Gasteiger partial charge in [0.2, 0.25) is 0 Å². The van der Waals surface area contributed by atoms with Crippen LogP contribution in [0.2, 0.25) is 5.15 Å². The fraction of sp³-hybridized carbons (Fsp3) is 0.429. The molecule has 1 atom stereocenters. The lowest BCUT2D eigenvalue weighted by atomic mass is 9.96. The van der Waals surface area contributed by atoms with Gasteiger partial charge in [0.15, 0.2) is 5.15 Å². The number of halogens is 1. The minimum atomic E-state index is -0.180. The fourth-order valence-corrected chi connectivity index (χ4v) is 2.93. The van der Waals surface area contributed by atoms with E-state index >= 15 is 0 Å². The maximum Gasteiger partial charge on any atom is 0.309 e. The summed E-state index contributed by atoms with van der Waals surface area (Å²) >= 11 is 6.20. The molecular formula is C14H15ClN2O3. The summed E-state index contributed by atoms with van der Waals surface area (Å²) in [7, 11) is 1.41. The average Bonchev–Trinajstić information content (AvgIpc) is 3.07. The number of nitrogens with zero attached hydrogens (tertiary/aromatic N) is 2. The molecule has 3 rings (SSSR count). The van der Waals surface area contributed by atoms with Crippen LogP contribution in [0.4, 0.5) is 0 Å². The second kappa shape index (κ2) is 5.32. The molecule has 0 radical (unpaired) electrons. The van der Waals surface area contributed by atoms with E-state index in [2.05, 4.69) is 9.55 Å². The number of carbonyl (C=O) groups excluding carboxylic acids is 1. The molecule has 0 spiro atoms. The predicted octanol–water partition coefficient (Wildman–Crippen LogP) is 2.46. The average molecular weight is 295 g/mol. The van der Waals surface area contributed by atoms with Gasteiger partial charge in [-0.05, 0) is 18.6 Å². The van der Waals surface area contributed by atoms with Crippen molar-refractivity contribution < 1.29 is 13.9 Å². The molecule has 0 bridgehead atoms. The lowest BCUT2D eigenvalue weighted by Gasteiger charge is -2.23. The third-order valence-corrected chi connectivity index (χ3v) is 3.99. The molecule has 0 aromatic carbocycles. The Kier molecular flexibility index (Phi) is 3.53. The Bertz CT molecular complexity index is 619. The Morgan fingerprint density at radius 1 is 1.65 bits per heavy atom. The maximum atomic E-state index is 11.6. The molecule has 20 heavy (non-hydrogen) atoms. The van der Waals surface area contributed by atoms with Crippen LogP contribution < -0.4 is 0 Å². The van der Waals surface area contributed by atoms with Gasteiger partial charge in [0.25, 0.3) is 0 Å². The first-order chi connectivity index (χ1) is 9.69. The molecular weight excluding hydrogens is 280 g/mol. The number of methoxy groups -OCH3 is 1. The van der Waals surface area contributed by atoms with Crippen molar-refractivity contribution in [1.82, 2.24) is 9.55 Å². The first-order valence-electron chi connectivity index (χ1n) is 6.53. The van der Waals surface area contributed by atoms with Crippen LogP contribution in [0.25, 0.3) is 0 Å². The van der Waals surface area contributed by atoms with Crippen LogP contribution >= 0.6 is 11.6 Å². The highest BCUT2D eigenvalue weighted by atomic mass is 35.5. The number of fused-ring (bicyclic) bond motifs is 1. The Morgan fingerprint density at radius 3 is 3.20 bits per heavy atom. The zero-order valence-corrected chi connectivity index (χ0v) is 11.9. The van der Waals surface area contributed by atoms with E-state index in [0.717, 1.165) is 30.2 Å². The molecule has 0 amide bonds. The van der Waals surface area contributed by atoms with Gasteiger partial charge >= 0.3 is 5.97 Å². The number of hydrogen-bond acceptors (Lipinski definition) is 4. The Hall–Kier alpha value is -1.75. The predicted molar refractivity (Wildman–Crippen MR) is 72.6 cm³/mol. The summed E-state index contributed by atoms with van der Waals surface area (Å²) in [6.07, 6.45) is 3.58. The van der Waals surface area contributed by atoms with Crippen molar-refractivity contribution in [2.45, 2.75) is 25.8 Å². The van der Waals surface area contributed by atoms with Crippen molar-refractivity contribution in [1.29, 1.82) is 0 Å². The lowest BCUT2D eigenvalue weighted by molar-refractivity contribution is -0.146. The first kappa shape index (κ1) is 13.2. The second-order valence-electron chi connectivity index (χ2n) is 4.89. The molecule has 3 heterocycles. The van der Waals surface area contributed by atoms with E-state index in [1.807, 2.05) is 12.1 Å². The molecule has 1 aliphatic rings. The summed E-state index contributed by atoms with van der Waals surface area (Å²) in [4.78, 5) is 16.0. The standard InChI is InChI=1S/C14H15ClN2O3/c1-19-14(18)9-4-5-17-11(7-9)13(15)16-12(17)8-10-3-2-6-20-10/h2-3,6,9H,4-5,7-8H2,1H3. The maximum absolute atomic E-state index is 11.6. The van der Waals surface area contributed by atoms with Crippen LogP contribution in [-0.2, 0) is 28.9 Å². The zero-order valence-electron chi connectivity index (χ0n) is 11.1. The van der Waals surface area contributed by atoms with E-state index in [1.54, 1.807) is 6.26 Å². The Labute approximate surface area is 121 Å². The van der Waals surface area contributed by atoms with Gasteiger partial charge < -0.3 is 13.7 Å². The largest absolute Gasteiger partial charge is 0.469 e. The normalized spacial score (nSPS) is 17.8. The number of hydrogen-bond donors (Lipinski definition) is 0. The van der Waals surface area contributed by atoms with Crippen molar-refractivity contribution in [3.05, 3.63) is 40.8 Å². The number of rotatable bonds is 3. The number of imidazole rings is 1. The molecule has 0 saturated heterocycles. The zero-order chi connectivity index (χ0) is 14.1. The molecule has 5 nitrogen and oxygen atoms in total. The smallest absolute Gasteiger partial charge is 0.309 e. The number of esters is 1. The molecule has 6 heteroatoms. The summed E-state index contributed by atoms with van der Waals surface area (Å²) in [6.45, 7) is 0.727. The van der Waals surface area contributed by atoms with E-state index in [4.69, 9.17) is 20.8 Å². The van der Waals surface area contributed by atoms with Gasteiger partial charge in [0, 0.05) is 13.0 Å². The Balaban J connectivity index is 1.85. The van der Waals surface area contributed by atoms with Crippen molar-refractivity contribution in [3.63, 3.8) is 0 Å². The molecule has 106 valence electrons. The molecule has 0 fully saturated rings. The van der Waals surface area contributed by atoms with Gasteiger partial charge in [0.05, 0.1) is 31.4 Å². The molecule has 2 aromatic rings. The summed E-state index contributed by atoms with van der Waals surface area (Å²) < 4.78 is 12.2. The van der Waals surface area contributed by atoms with Gasteiger partial charge in [-0.2, -0.15) is 0 Å². The van der Waals surface area contributed by atoms with Crippen molar-refractivity contribution in [2.24, 2.45) is 5.92 Å². The topological polar surface area (TPSA) is 57.3 Å². The molecule has 1 aliphatic heterocycles. The number of aromatic nitrogens is 2. The van der Waals surface area contributed by atoms with Gasteiger partial charge in [-0.1, -0.05) is 11.6 Å². The van der Waals surface area contributed by atoms with Crippen LogP contribution in [0.5, 0.6) is 0 Å². The molecule has 0 aliphatic carbocycles. The van der Waals surface area contributed by atoms with Crippen molar-refractivity contribution in [2.75, 3.05) is 7.11 Å². The van der Waals surface area contributed by atoms with Crippen molar-refractivity contribution in [3.8, 4) is 0 Å². The lowest BCUT2D eigenvalue weighted by Crippen LogP contribution is -2.27. The van der Waals surface area contributed by atoms with Crippen LogP contribution in [-0.4, -0.2) is 22.6 Å². The molecule has 2 aromatic heterocycles. The highest BCUT2D eigenvalue weighted by molar-refractivity contribution is 6.30. The van der Waals surface area contributed by atoms with E-state index in [0.29, 0.717) is 18.0 Å². The van der Waals surface area contributed by atoms with E-state index < -0.39 is 0 Å². The fourth-order valence-electron chi connectivity index (χ4n) is 2.66. The molecule has 1 unspecified atom stereocenters. The molecule has 0 N–H and O–H groups in total. The number of carbonyl (C=O) groups is 1. The first-order valence-corrected chi connectivity index (χ1v) is 6.91. The highest BCUT2D eigenvalue weighted by Gasteiger charge is 2.29. The minimum absolute atomic E-state index is 0.127. The third kappa shape index (κ3) is 2.33. The third-order valence-electron chi connectivity index (χ3n) is 3.69. The number of ether oxygens (including phenoxy) is 1. The van der Waals surface area contributed by atoms with Crippen LogP contribution in [0, 0.1) is 5.92 Å². The van der Waals surface area contributed by atoms with Crippen LogP contribution in [0.15, 0.2) is 22.8 Å². The second-order valence-corrected chi connectivity index (χ2v) is 5.24. The van der Waals surface area contributed by atoms with E-state index in [1.165, 1.54) is 7.11 Å². The van der Waals surface area contributed by atoms with E-state index in [9.17, 15) is 4.79 Å². The molecule has 0 saturated carbocycles. The highest BCUT2D eigenvalue weighted by Crippen LogP contribution is 2.29.